The summed E-state index contributed by atoms with van der Waals surface area (Å²) in [5.41, 5.74) is 2.91. The molecule has 0 fully saturated rings. The van der Waals surface area contributed by atoms with E-state index < -0.39 is 11.6 Å². The zero-order valence-corrected chi connectivity index (χ0v) is 14.4. The summed E-state index contributed by atoms with van der Waals surface area (Å²) in [6, 6.07) is 11.6. The van der Waals surface area contributed by atoms with E-state index in [-0.39, 0.29) is 12.1 Å². The van der Waals surface area contributed by atoms with E-state index >= 15 is 0 Å². The fraction of sp³-hybridized carbons (Fsp3) is 0.211. The van der Waals surface area contributed by atoms with E-state index in [1.54, 1.807) is 11.3 Å². The monoisotopic (exact) mass is 344 g/mol. The van der Waals surface area contributed by atoms with Crippen LogP contribution in [0.4, 0.5) is 14.5 Å². The van der Waals surface area contributed by atoms with Crippen molar-refractivity contribution in [2.75, 3.05) is 5.32 Å². The Kier molecular flexibility index (Phi) is 4.90. The van der Waals surface area contributed by atoms with Crippen LogP contribution >= 0.6 is 11.3 Å². The molecule has 0 aliphatic rings. The second kappa shape index (κ2) is 7.09. The largest absolute Gasteiger partial charge is 0.381 e. The minimum Gasteiger partial charge on any atom is -0.381 e. The predicted octanol–water partition coefficient (Wildman–Crippen LogP) is 5.57. The zero-order valence-electron chi connectivity index (χ0n) is 13.6. The Balaban J connectivity index is 1.74. The number of aryl methyl sites for hydroxylation is 2. The molecule has 24 heavy (non-hydrogen) atoms. The van der Waals surface area contributed by atoms with Crippen molar-refractivity contribution in [3.8, 4) is 11.3 Å². The number of benzene rings is 2. The van der Waals surface area contributed by atoms with E-state index in [0.29, 0.717) is 0 Å². The summed E-state index contributed by atoms with van der Waals surface area (Å²) >= 11 is 1.71. The third-order valence-electron chi connectivity index (χ3n) is 3.83. The summed E-state index contributed by atoms with van der Waals surface area (Å²) in [6.07, 6.45) is 0.930. The van der Waals surface area contributed by atoms with Crippen molar-refractivity contribution in [1.29, 1.82) is 0 Å². The van der Waals surface area contributed by atoms with Gasteiger partial charge in [-0.2, -0.15) is 0 Å². The fourth-order valence-corrected chi connectivity index (χ4v) is 3.40. The van der Waals surface area contributed by atoms with Gasteiger partial charge in [-0.15, -0.1) is 11.3 Å². The number of halogens is 2. The molecule has 0 saturated carbocycles. The Morgan fingerprint density at radius 2 is 1.71 bits per heavy atom. The summed E-state index contributed by atoms with van der Waals surface area (Å²) in [5.74, 6) is -1.08. The van der Waals surface area contributed by atoms with Crippen molar-refractivity contribution in [1.82, 2.24) is 4.98 Å². The lowest BCUT2D eigenvalue weighted by Gasteiger charge is -2.09. The Morgan fingerprint density at radius 3 is 2.29 bits per heavy atom. The van der Waals surface area contributed by atoms with E-state index in [4.69, 9.17) is 0 Å². The van der Waals surface area contributed by atoms with Crippen LogP contribution in [0.15, 0.2) is 42.5 Å². The molecule has 3 aromatic rings. The average Bonchev–Trinajstić information content (AvgIpc) is 2.96. The minimum atomic E-state index is -0.538. The topological polar surface area (TPSA) is 24.9 Å². The quantitative estimate of drug-likeness (QED) is 0.654. The maximum Gasteiger partial charge on any atom is 0.131 e. The van der Waals surface area contributed by atoms with Gasteiger partial charge in [-0.25, -0.2) is 13.8 Å². The fourth-order valence-electron chi connectivity index (χ4n) is 2.51. The van der Waals surface area contributed by atoms with Gasteiger partial charge >= 0.3 is 0 Å². The van der Waals surface area contributed by atoms with E-state index in [1.807, 2.05) is 24.3 Å². The number of hydrogen-bond acceptors (Lipinski definition) is 3. The molecule has 2 nitrogen and oxygen atoms in total. The van der Waals surface area contributed by atoms with Crippen molar-refractivity contribution in [2.24, 2.45) is 0 Å². The molecule has 1 heterocycles. The summed E-state index contributed by atoms with van der Waals surface area (Å²) in [5, 5.41) is 4.18. The van der Waals surface area contributed by atoms with Crippen LogP contribution in [0.5, 0.6) is 0 Å². The lowest BCUT2D eigenvalue weighted by atomic mass is 10.1. The first kappa shape index (κ1) is 16.6. The molecule has 0 aliphatic carbocycles. The maximum absolute atomic E-state index is 13.6. The van der Waals surface area contributed by atoms with E-state index in [9.17, 15) is 8.78 Å². The van der Waals surface area contributed by atoms with Crippen LogP contribution in [0.2, 0.25) is 0 Å². The van der Waals surface area contributed by atoms with Gasteiger partial charge in [0.15, 0.2) is 0 Å². The average molecular weight is 344 g/mol. The number of nitrogens with zero attached hydrogens (tertiary/aromatic N) is 1. The number of rotatable bonds is 5. The zero-order chi connectivity index (χ0) is 17.1. The molecule has 1 N–H and O–H groups in total. The first-order chi connectivity index (χ1) is 11.6. The van der Waals surface area contributed by atoms with E-state index in [0.717, 1.165) is 28.4 Å². The molecule has 0 atom stereocenters. The van der Waals surface area contributed by atoms with Crippen molar-refractivity contribution >= 4 is 17.0 Å². The van der Waals surface area contributed by atoms with Gasteiger partial charge in [-0.3, -0.25) is 0 Å². The molecular formula is C19H18F2N2S. The molecule has 0 amide bonds. The first-order valence-electron chi connectivity index (χ1n) is 7.82. The molecule has 0 aliphatic heterocycles. The predicted molar refractivity (Wildman–Crippen MR) is 95.3 cm³/mol. The number of aromatic nitrogens is 1. The van der Waals surface area contributed by atoms with Crippen molar-refractivity contribution < 1.29 is 8.78 Å². The van der Waals surface area contributed by atoms with Crippen LogP contribution < -0.4 is 5.32 Å². The van der Waals surface area contributed by atoms with Gasteiger partial charge in [0.25, 0.3) is 0 Å². The highest BCUT2D eigenvalue weighted by atomic mass is 32.1. The summed E-state index contributed by atoms with van der Waals surface area (Å²) in [7, 11) is 0. The normalized spacial score (nSPS) is 10.8. The van der Waals surface area contributed by atoms with Crippen LogP contribution in [0.1, 0.15) is 22.4 Å². The molecule has 0 saturated heterocycles. The molecule has 5 heteroatoms. The standard InChI is InChI=1S/C19H18F2N2S/c1-3-18-23-19(12(2)24-18)13-7-9-14(10-8-13)22-11-15-16(20)5-4-6-17(15)21/h4-10,22H,3,11H2,1-2H3. The summed E-state index contributed by atoms with van der Waals surface area (Å²) in [6.45, 7) is 4.27. The molecular weight excluding hydrogens is 326 g/mol. The lowest BCUT2D eigenvalue weighted by molar-refractivity contribution is 0.560. The van der Waals surface area contributed by atoms with Crippen LogP contribution in [0.3, 0.4) is 0 Å². The van der Waals surface area contributed by atoms with Crippen molar-refractivity contribution in [3.05, 3.63) is 69.5 Å². The lowest BCUT2D eigenvalue weighted by Crippen LogP contribution is -2.04. The van der Waals surface area contributed by atoms with Crippen molar-refractivity contribution in [3.63, 3.8) is 0 Å². The number of anilines is 1. The number of hydrogen-bond donors (Lipinski definition) is 1. The molecule has 3 rings (SSSR count). The molecule has 0 radical (unpaired) electrons. The Bertz CT molecular complexity index is 821. The smallest absolute Gasteiger partial charge is 0.131 e. The molecule has 0 spiro atoms. The molecule has 124 valence electrons. The van der Waals surface area contributed by atoms with Gasteiger partial charge in [-0.1, -0.05) is 25.1 Å². The van der Waals surface area contributed by atoms with Gasteiger partial charge in [0.05, 0.1) is 10.7 Å². The van der Waals surface area contributed by atoms with Crippen LogP contribution in [0.25, 0.3) is 11.3 Å². The molecule has 0 unspecified atom stereocenters. The Hall–Kier alpha value is -2.27. The van der Waals surface area contributed by atoms with Crippen molar-refractivity contribution in [2.45, 2.75) is 26.8 Å². The molecule has 0 bridgehead atoms. The summed E-state index contributed by atoms with van der Waals surface area (Å²) in [4.78, 5) is 5.84. The van der Waals surface area contributed by atoms with Crippen LogP contribution in [-0.2, 0) is 13.0 Å². The SMILES string of the molecule is CCc1nc(-c2ccc(NCc3c(F)cccc3F)cc2)c(C)s1. The highest BCUT2D eigenvalue weighted by Gasteiger charge is 2.10. The highest BCUT2D eigenvalue weighted by Crippen LogP contribution is 2.28. The highest BCUT2D eigenvalue weighted by molar-refractivity contribution is 7.12. The van der Waals surface area contributed by atoms with Crippen LogP contribution in [-0.4, -0.2) is 4.98 Å². The minimum absolute atomic E-state index is 0.0458. The van der Waals surface area contributed by atoms with Crippen LogP contribution in [0, 0.1) is 18.6 Å². The Morgan fingerprint density at radius 1 is 1.04 bits per heavy atom. The van der Waals surface area contributed by atoms with Gasteiger partial charge in [0.2, 0.25) is 0 Å². The third-order valence-corrected chi connectivity index (χ3v) is 4.95. The Labute approximate surface area is 144 Å². The first-order valence-corrected chi connectivity index (χ1v) is 8.63. The summed E-state index contributed by atoms with van der Waals surface area (Å²) < 4.78 is 27.3. The maximum atomic E-state index is 13.6. The second-order valence-electron chi connectivity index (χ2n) is 5.50. The van der Waals surface area contributed by atoms with Gasteiger partial charge in [0, 0.05) is 28.2 Å². The van der Waals surface area contributed by atoms with E-state index in [1.165, 1.54) is 23.1 Å². The van der Waals surface area contributed by atoms with Gasteiger partial charge < -0.3 is 5.32 Å². The molecule has 1 aromatic heterocycles. The van der Waals surface area contributed by atoms with Gasteiger partial charge in [0.1, 0.15) is 11.6 Å². The third kappa shape index (κ3) is 3.46. The second-order valence-corrected chi connectivity index (χ2v) is 6.78. The molecule has 2 aromatic carbocycles. The van der Waals surface area contributed by atoms with E-state index in [2.05, 4.69) is 24.1 Å². The number of nitrogens with one attached hydrogen (secondary N) is 1. The number of thiazole rings is 1. The van der Waals surface area contributed by atoms with Gasteiger partial charge in [-0.05, 0) is 37.6 Å².